The Morgan fingerprint density at radius 1 is 1.64 bits per heavy atom. The molecule has 0 aromatic carbocycles. The Labute approximate surface area is 84.4 Å². The van der Waals surface area contributed by atoms with Gasteiger partial charge in [-0.25, -0.2) is 4.79 Å². The number of ether oxygens (including phenoxy) is 2. The maximum atomic E-state index is 10.6. The standard InChI is InChI=1S/C10H17NO3/c1-4-8(3)14-9(11)6-7-13-10(12)5-2/h5,8,11H,2,4,6-7H2,1,3H3. The topological polar surface area (TPSA) is 59.4 Å². The molecule has 0 saturated carbocycles. The van der Waals surface area contributed by atoms with Gasteiger partial charge < -0.3 is 9.47 Å². The lowest BCUT2D eigenvalue weighted by atomic mass is 10.3. The zero-order valence-electron chi connectivity index (χ0n) is 8.71. The third kappa shape index (κ3) is 6.22. The summed E-state index contributed by atoms with van der Waals surface area (Å²) in [6.45, 7) is 7.30. The maximum absolute atomic E-state index is 10.6. The molecule has 14 heavy (non-hydrogen) atoms. The lowest BCUT2D eigenvalue weighted by molar-refractivity contribution is -0.137. The van der Waals surface area contributed by atoms with Crippen molar-refractivity contribution in [3.63, 3.8) is 0 Å². The van der Waals surface area contributed by atoms with Crippen molar-refractivity contribution in [2.45, 2.75) is 32.8 Å². The van der Waals surface area contributed by atoms with Crippen molar-refractivity contribution in [3.8, 4) is 0 Å². The van der Waals surface area contributed by atoms with Gasteiger partial charge in [-0.05, 0) is 13.3 Å². The van der Waals surface area contributed by atoms with E-state index in [1.54, 1.807) is 0 Å². The van der Waals surface area contributed by atoms with Crippen LogP contribution in [0.5, 0.6) is 0 Å². The van der Waals surface area contributed by atoms with Crippen LogP contribution in [0.2, 0.25) is 0 Å². The average Bonchev–Trinajstić information content (AvgIpc) is 2.17. The van der Waals surface area contributed by atoms with E-state index in [9.17, 15) is 4.79 Å². The molecule has 0 rings (SSSR count). The second-order valence-electron chi connectivity index (χ2n) is 2.88. The van der Waals surface area contributed by atoms with Crippen molar-refractivity contribution < 1.29 is 14.3 Å². The van der Waals surface area contributed by atoms with E-state index in [4.69, 9.17) is 14.9 Å². The molecule has 0 spiro atoms. The number of carbonyl (C=O) groups excluding carboxylic acids is 1. The summed E-state index contributed by atoms with van der Waals surface area (Å²) in [5.74, 6) is -0.322. The quantitative estimate of drug-likeness (QED) is 0.307. The van der Waals surface area contributed by atoms with Gasteiger partial charge in [0, 0.05) is 6.08 Å². The van der Waals surface area contributed by atoms with Gasteiger partial charge in [-0.3, -0.25) is 5.41 Å². The first kappa shape index (κ1) is 12.7. The molecule has 80 valence electrons. The lowest BCUT2D eigenvalue weighted by Gasteiger charge is -2.12. The molecule has 1 N–H and O–H groups in total. The zero-order valence-corrected chi connectivity index (χ0v) is 8.71. The summed E-state index contributed by atoms with van der Waals surface area (Å²) in [6, 6.07) is 0. The van der Waals surface area contributed by atoms with Crippen LogP contribution in [-0.2, 0) is 14.3 Å². The SMILES string of the molecule is C=CC(=O)OCCC(=N)OC(C)CC. The van der Waals surface area contributed by atoms with E-state index < -0.39 is 5.97 Å². The van der Waals surface area contributed by atoms with E-state index in [2.05, 4.69) is 6.58 Å². The Bertz CT molecular complexity index is 213. The maximum Gasteiger partial charge on any atom is 0.330 e. The van der Waals surface area contributed by atoms with Crippen LogP contribution in [-0.4, -0.2) is 24.6 Å². The molecule has 1 unspecified atom stereocenters. The first-order valence-electron chi connectivity index (χ1n) is 4.63. The van der Waals surface area contributed by atoms with Crippen LogP contribution >= 0.6 is 0 Å². The molecule has 0 aromatic heterocycles. The largest absolute Gasteiger partial charge is 0.478 e. The third-order valence-electron chi connectivity index (χ3n) is 1.66. The highest BCUT2D eigenvalue weighted by Crippen LogP contribution is 1.99. The Morgan fingerprint density at radius 3 is 2.79 bits per heavy atom. The summed E-state index contributed by atoms with van der Waals surface area (Å²) in [4.78, 5) is 10.6. The molecule has 0 aliphatic carbocycles. The fourth-order valence-corrected chi connectivity index (χ4v) is 0.688. The normalized spacial score (nSPS) is 11.6. The highest BCUT2D eigenvalue weighted by atomic mass is 16.5. The summed E-state index contributed by atoms with van der Waals surface area (Å²) in [5, 5.41) is 7.38. The minimum atomic E-state index is -0.471. The second kappa shape index (κ2) is 7.12. The molecule has 0 heterocycles. The molecule has 0 aliphatic rings. The van der Waals surface area contributed by atoms with Gasteiger partial charge in [0.25, 0.3) is 0 Å². The van der Waals surface area contributed by atoms with Crippen LogP contribution in [0.15, 0.2) is 12.7 Å². The Balaban J connectivity index is 3.54. The first-order valence-corrected chi connectivity index (χ1v) is 4.63. The van der Waals surface area contributed by atoms with E-state index in [0.29, 0.717) is 6.42 Å². The van der Waals surface area contributed by atoms with Gasteiger partial charge in [0.2, 0.25) is 0 Å². The van der Waals surface area contributed by atoms with Crippen molar-refractivity contribution in [1.82, 2.24) is 0 Å². The third-order valence-corrected chi connectivity index (χ3v) is 1.66. The van der Waals surface area contributed by atoms with Crippen LogP contribution < -0.4 is 0 Å². The van der Waals surface area contributed by atoms with Gasteiger partial charge in [0.15, 0.2) is 5.90 Å². The minimum Gasteiger partial charge on any atom is -0.478 e. The molecule has 0 aromatic rings. The lowest BCUT2D eigenvalue weighted by Crippen LogP contribution is -2.15. The van der Waals surface area contributed by atoms with Crippen molar-refractivity contribution in [3.05, 3.63) is 12.7 Å². The molecule has 0 fully saturated rings. The Morgan fingerprint density at radius 2 is 2.29 bits per heavy atom. The van der Waals surface area contributed by atoms with Crippen molar-refractivity contribution in [2.24, 2.45) is 0 Å². The molecule has 1 atom stereocenters. The van der Waals surface area contributed by atoms with Crippen molar-refractivity contribution in [1.29, 1.82) is 5.41 Å². The van der Waals surface area contributed by atoms with Crippen molar-refractivity contribution in [2.75, 3.05) is 6.61 Å². The van der Waals surface area contributed by atoms with Gasteiger partial charge in [-0.15, -0.1) is 0 Å². The number of carbonyl (C=O) groups is 1. The number of rotatable bonds is 6. The summed E-state index contributed by atoms with van der Waals surface area (Å²) in [7, 11) is 0. The van der Waals surface area contributed by atoms with Gasteiger partial charge in [-0.1, -0.05) is 13.5 Å². The van der Waals surface area contributed by atoms with Gasteiger partial charge in [0.05, 0.1) is 12.5 Å². The van der Waals surface area contributed by atoms with Gasteiger partial charge in [-0.2, -0.15) is 0 Å². The van der Waals surface area contributed by atoms with E-state index in [1.807, 2.05) is 13.8 Å². The van der Waals surface area contributed by atoms with E-state index >= 15 is 0 Å². The molecule has 0 aliphatic heterocycles. The Hall–Kier alpha value is -1.32. The smallest absolute Gasteiger partial charge is 0.330 e. The number of hydrogen-bond donors (Lipinski definition) is 1. The molecule has 0 amide bonds. The predicted molar refractivity (Wildman–Crippen MR) is 54.3 cm³/mol. The molecule has 0 bridgehead atoms. The molecule has 4 nitrogen and oxygen atoms in total. The first-order chi connectivity index (χ1) is 6.60. The average molecular weight is 199 g/mol. The fourth-order valence-electron chi connectivity index (χ4n) is 0.688. The second-order valence-corrected chi connectivity index (χ2v) is 2.88. The zero-order chi connectivity index (χ0) is 11.0. The molecular formula is C10H17NO3. The molecular weight excluding hydrogens is 182 g/mol. The van der Waals surface area contributed by atoms with Crippen LogP contribution in [0.4, 0.5) is 0 Å². The predicted octanol–water partition coefficient (Wildman–Crippen LogP) is 1.90. The monoisotopic (exact) mass is 199 g/mol. The summed E-state index contributed by atoms with van der Waals surface area (Å²) in [5.41, 5.74) is 0. The van der Waals surface area contributed by atoms with Crippen LogP contribution in [0.3, 0.4) is 0 Å². The minimum absolute atomic E-state index is 0.0394. The van der Waals surface area contributed by atoms with Crippen molar-refractivity contribution >= 4 is 11.9 Å². The number of esters is 1. The van der Waals surface area contributed by atoms with Crippen LogP contribution in [0, 0.1) is 5.41 Å². The van der Waals surface area contributed by atoms with E-state index in [0.717, 1.165) is 12.5 Å². The molecule has 4 heteroatoms. The molecule has 0 saturated heterocycles. The highest BCUT2D eigenvalue weighted by molar-refractivity contribution is 5.81. The summed E-state index contributed by atoms with van der Waals surface area (Å²) in [6.07, 6.45) is 2.30. The van der Waals surface area contributed by atoms with Gasteiger partial charge in [0.1, 0.15) is 6.61 Å². The van der Waals surface area contributed by atoms with E-state index in [-0.39, 0.29) is 18.6 Å². The van der Waals surface area contributed by atoms with Crippen LogP contribution in [0.25, 0.3) is 0 Å². The van der Waals surface area contributed by atoms with Gasteiger partial charge >= 0.3 is 5.97 Å². The number of hydrogen-bond acceptors (Lipinski definition) is 4. The number of nitrogens with one attached hydrogen (secondary N) is 1. The van der Waals surface area contributed by atoms with E-state index in [1.165, 1.54) is 0 Å². The fraction of sp³-hybridized carbons (Fsp3) is 0.600. The Kier molecular flexibility index (Phi) is 6.45. The highest BCUT2D eigenvalue weighted by Gasteiger charge is 2.04. The summed E-state index contributed by atoms with van der Waals surface area (Å²) < 4.78 is 9.88. The summed E-state index contributed by atoms with van der Waals surface area (Å²) >= 11 is 0. The molecule has 0 radical (unpaired) electrons. The van der Waals surface area contributed by atoms with Crippen LogP contribution in [0.1, 0.15) is 26.7 Å².